The Hall–Kier alpha value is -2.69. The molecule has 1 aliphatic heterocycles. The van der Waals surface area contributed by atoms with E-state index in [1.807, 2.05) is 37.3 Å². The van der Waals surface area contributed by atoms with Crippen molar-refractivity contribution in [3.63, 3.8) is 0 Å². The summed E-state index contributed by atoms with van der Waals surface area (Å²) in [4.78, 5) is 22.2. The zero-order valence-electron chi connectivity index (χ0n) is 11.4. The number of rotatable bonds is 3. The standard InChI is InChI=1S/C16H13NO4/c1-16(12-5-3-2-4-6-12)14(21-15(16)18)11-7-9-13(10-8-11)17(19)20/h2-10,14H,1H3/t14-,16-/m1/s1. The van der Waals surface area contributed by atoms with E-state index >= 15 is 0 Å². The Morgan fingerprint density at radius 2 is 1.71 bits per heavy atom. The van der Waals surface area contributed by atoms with Crippen molar-refractivity contribution in [3.05, 3.63) is 75.8 Å². The maximum absolute atomic E-state index is 12.0. The van der Waals surface area contributed by atoms with Gasteiger partial charge in [-0.25, -0.2) is 0 Å². The van der Waals surface area contributed by atoms with Crippen molar-refractivity contribution in [2.75, 3.05) is 0 Å². The predicted octanol–water partition coefficient (Wildman–Crippen LogP) is 3.15. The van der Waals surface area contributed by atoms with Crippen LogP contribution in [0.5, 0.6) is 0 Å². The number of carbonyl (C=O) groups excluding carboxylic acids is 1. The molecular weight excluding hydrogens is 270 g/mol. The topological polar surface area (TPSA) is 69.4 Å². The third-order valence-corrected chi connectivity index (χ3v) is 3.95. The number of hydrogen-bond donors (Lipinski definition) is 0. The SMILES string of the molecule is C[C@]1(c2ccccc2)C(=O)O[C@@H]1c1ccc([N+](=O)[O-])cc1. The molecule has 3 rings (SSSR count). The van der Waals surface area contributed by atoms with Crippen LogP contribution in [0.2, 0.25) is 0 Å². The Labute approximate surface area is 121 Å². The minimum absolute atomic E-state index is 0.0193. The molecule has 2 atom stereocenters. The van der Waals surface area contributed by atoms with E-state index in [2.05, 4.69) is 0 Å². The number of carbonyl (C=O) groups is 1. The van der Waals surface area contributed by atoms with E-state index < -0.39 is 16.4 Å². The lowest BCUT2D eigenvalue weighted by Crippen LogP contribution is -2.52. The zero-order chi connectivity index (χ0) is 15.0. The fourth-order valence-electron chi connectivity index (χ4n) is 2.62. The molecule has 1 saturated heterocycles. The first-order valence-electron chi connectivity index (χ1n) is 6.54. The van der Waals surface area contributed by atoms with Crippen LogP contribution in [0, 0.1) is 10.1 Å². The van der Waals surface area contributed by atoms with Gasteiger partial charge >= 0.3 is 5.97 Å². The highest BCUT2D eigenvalue weighted by molar-refractivity contribution is 5.89. The molecule has 0 N–H and O–H groups in total. The lowest BCUT2D eigenvalue weighted by atomic mass is 9.71. The van der Waals surface area contributed by atoms with E-state index in [9.17, 15) is 14.9 Å². The van der Waals surface area contributed by atoms with Crippen LogP contribution < -0.4 is 0 Å². The number of cyclic esters (lactones) is 1. The summed E-state index contributed by atoms with van der Waals surface area (Å²) in [6.07, 6.45) is -0.423. The molecule has 5 nitrogen and oxygen atoms in total. The molecule has 0 unspecified atom stereocenters. The second-order valence-corrected chi connectivity index (χ2v) is 5.20. The average molecular weight is 283 g/mol. The van der Waals surface area contributed by atoms with Gasteiger partial charge in [-0.2, -0.15) is 0 Å². The fourth-order valence-corrected chi connectivity index (χ4v) is 2.62. The van der Waals surface area contributed by atoms with Gasteiger partial charge in [0.15, 0.2) is 0 Å². The first-order valence-corrected chi connectivity index (χ1v) is 6.54. The Kier molecular flexibility index (Phi) is 2.97. The maximum Gasteiger partial charge on any atom is 0.321 e. The van der Waals surface area contributed by atoms with E-state index in [4.69, 9.17) is 4.74 Å². The normalized spacial score (nSPS) is 24.0. The van der Waals surface area contributed by atoms with Gasteiger partial charge in [-0.05, 0) is 30.2 Å². The number of esters is 1. The van der Waals surface area contributed by atoms with Crippen LogP contribution in [0.1, 0.15) is 24.2 Å². The van der Waals surface area contributed by atoms with Crippen molar-refractivity contribution in [2.24, 2.45) is 0 Å². The Morgan fingerprint density at radius 1 is 1.10 bits per heavy atom. The van der Waals surface area contributed by atoms with E-state index in [0.717, 1.165) is 11.1 Å². The zero-order valence-corrected chi connectivity index (χ0v) is 11.4. The molecule has 5 heteroatoms. The van der Waals surface area contributed by atoms with Gasteiger partial charge in [-0.3, -0.25) is 14.9 Å². The van der Waals surface area contributed by atoms with Gasteiger partial charge in [0.1, 0.15) is 11.5 Å². The first-order chi connectivity index (χ1) is 10.0. The van der Waals surface area contributed by atoms with Gasteiger partial charge in [0.05, 0.1) is 4.92 Å². The highest BCUT2D eigenvalue weighted by Gasteiger charge is 2.56. The molecule has 106 valence electrons. The van der Waals surface area contributed by atoms with Crippen molar-refractivity contribution in [3.8, 4) is 0 Å². The number of ether oxygens (including phenoxy) is 1. The van der Waals surface area contributed by atoms with Gasteiger partial charge in [0.2, 0.25) is 0 Å². The number of nitrogens with zero attached hydrogens (tertiary/aromatic N) is 1. The van der Waals surface area contributed by atoms with Crippen molar-refractivity contribution < 1.29 is 14.5 Å². The highest BCUT2D eigenvalue weighted by Crippen LogP contribution is 2.49. The molecule has 1 fully saturated rings. The summed E-state index contributed by atoms with van der Waals surface area (Å²) < 4.78 is 5.29. The molecule has 0 aromatic heterocycles. The van der Waals surface area contributed by atoms with Crippen LogP contribution in [-0.4, -0.2) is 10.9 Å². The third kappa shape index (κ3) is 1.98. The summed E-state index contributed by atoms with van der Waals surface area (Å²) in [5.74, 6) is -0.281. The summed E-state index contributed by atoms with van der Waals surface area (Å²) in [6, 6.07) is 15.5. The molecule has 2 aromatic rings. The lowest BCUT2D eigenvalue weighted by molar-refractivity contribution is -0.384. The molecule has 0 saturated carbocycles. The quantitative estimate of drug-likeness (QED) is 0.493. The number of nitro groups is 1. The maximum atomic E-state index is 12.0. The van der Waals surface area contributed by atoms with E-state index in [0.29, 0.717) is 0 Å². The van der Waals surface area contributed by atoms with Gasteiger partial charge in [0, 0.05) is 12.1 Å². The van der Waals surface area contributed by atoms with Crippen LogP contribution in [0.4, 0.5) is 5.69 Å². The molecule has 0 spiro atoms. The van der Waals surface area contributed by atoms with Gasteiger partial charge < -0.3 is 4.74 Å². The Balaban J connectivity index is 1.96. The lowest BCUT2D eigenvalue weighted by Gasteiger charge is -2.45. The number of nitro benzene ring substituents is 1. The van der Waals surface area contributed by atoms with Crippen LogP contribution in [0.15, 0.2) is 54.6 Å². The van der Waals surface area contributed by atoms with E-state index in [-0.39, 0.29) is 11.7 Å². The van der Waals surface area contributed by atoms with E-state index in [1.54, 1.807) is 12.1 Å². The Bertz CT molecular complexity index is 696. The smallest absolute Gasteiger partial charge is 0.321 e. The monoisotopic (exact) mass is 283 g/mol. The predicted molar refractivity (Wildman–Crippen MR) is 75.7 cm³/mol. The average Bonchev–Trinajstić information content (AvgIpc) is 2.52. The fraction of sp³-hybridized carbons (Fsp3) is 0.188. The molecule has 0 radical (unpaired) electrons. The molecule has 0 aliphatic carbocycles. The third-order valence-electron chi connectivity index (χ3n) is 3.95. The molecule has 0 bridgehead atoms. The summed E-state index contributed by atoms with van der Waals surface area (Å²) in [7, 11) is 0. The number of hydrogen-bond acceptors (Lipinski definition) is 4. The Morgan fingerprint density at radius 3 is 2.24 bits per heavy atom. The van der Waals surface area contributed by atoms with Crippen molar-refractivity contribution in [2.45, 2.75) is 18.4 Å². The molecule has 2 aromatic carbocycles. The number of benzene rings is 2. The number of non-ortho nitro benzene ring substituents is 1. The summed E-state index contributed by atoms with van der Waals surface area (Å²) in [5, 5.41) is 10.7. The summed E-state index contributed by atoms with van der Waals surface area (Å²) >= 11 is 0. The van der Waals surface area contributed by atoms with Crippen molar-refractivity contribution >= 4 is 11.7 Å². The minimum atomic E-state index is -0.753. The first kappa shape index (κ1) is 13.3. The second-order valence-electron chi connectivity index (χ2n) is 5.20. The second kappa shape index (κ2) is 4.70. The van der Waals surface area contributed by atoms with Crippen LogP contribution in [-0.2, 0) is 14.9 Å². The summed E-state index contributed by atoms with van der Waals surface area (Å²) in [5.41, 5.74) is 0.902. The molecule has 0 amide bonds. The van der Waals surface area contributed by atoms with E-state index in [1.165, 1.54) is 12.1 Å². The largest absolute Gasteiger partial charge is 0.455 e. The van der Waals surface area contributed by atoms with Gasteiger partial charge in [0.25, 0.3) is 5.69 Å². The molecule has 21 heavy (non-hydrogen) atoms. The van der Waals surface area contributed by atoms with Crippen molar-refractivity contribution in [1.82, 2.24) is 0 Å². The van der Waals surface area contributed by atoms with Crippen LogP contribution in [0.3, 0.4) is 0 Å². The van der Waals surface area contributed by atoms with Crippen LogP contribution >= 0.6 is 0 Å². The molecule has 1 heterocycles. The van der Waals surface area contributed by atoms with Crippen LogP contribution in [0.25, 0.3) is 0 Å². The van der Waals surface area contributed by atoms with Gasteiger partial charge in [-0.1, -0.05) is 30.3 Å². The van der Waals surface area contributed by atoms with Crippen molar-refractivity contribution in [1.29, 1.82) is 0 Å². The summed E-state index contributed by atoms with van der Waals surface area (Å²) in [6.45, 7) is 1.83. The minimum Gasteiger partial charge on any atom is -0.455 e. The molecule has 1 aliphatic rings. The van der Waals surface area contributed by atoms with Gasteiger partial charge in [-0.15, -0.1) is 0 Å². The highest BCUT2D eigenvalue weighted by atomic mass is 16.6. The molecular formula is C16H13NO4.